The zero-order valence-electron chi connectivity index (χ0n) is 15.7. The Hall–Kier alpha value is -1.31. The maximum absolute atomic E-state index is 12.9. The van der Waals surface area contributed by atoms with Crippen LogP contribution in [0.2, 0.25) is 0 Å². The second-order valence-corrected chi connectivity index (χ2v) is 7.52. The van der Waals surface area contributed by atoms with Crippen molar-refractivity contribution in [2.75, 3.05) is 0 Å². The average molecular weight is 330 g/mol. The number of carbonyl (C=O) groups excluding carboxylic acids is 1. The lowest BCUT2D eigenvalue weighted by atomic mass is 9.69. The molecule has 1 aliphatic rings. The SMILES string of the molecule is CCCCC(CCCC)(NC(=O)c1ccccc1)C1CCCCC1. The average Bonchev–Trinajstić information content (AvgIpc) is 2.65. The van der Waals surface area contributed by atoms with Crippen molar-refractivity contribution < 1.29 is 4.79 Å². The molecular weight excluding hydrogens is 294 g/mol. The molecule has 1 amide bonds. The lowest BCUT2D eigenvalue weighted by Crippen LogP contribution is -2.54. The van der Waals surface area contributed by atoms with Gasteiger partial charge in [0, 0.05) is 11.1 Å². The van der Waals surface area contributed by atoms with Gasteiger partial charge in [0.05, 0.1) is 0 Å². The smallest absolute Gasteiger partial charge is 0.251 e. The fraction of sp³-hybridized carbons (Fsp3) is 0.682. The van der Waals surface area contributed by atoms with Crippen molar-refractivity contribution in [3.8, 4) is 0 Å². The van der Waals surface area contributed by atoms with E-state index < -0.39 is 0 Å². The maximum Gasteiger partial charge on any atom is 0.251 e. The molecule has 1 aromatic carbocycles. The molecule has 24 heavy (non-hydrogen) atoms. The number of carbonyl (C=O) groups is 1. The van der Waals surface area contributed by atoms with Crippen LogP contribution in [0.5, 0.6) is 0 Å². The van der Waals surface area contributed by atoms with Gasteiger partial charge in [-0.1, -0.05) is 77.0 Å². The van der Waals surface area contributed by atoms with E-state index in [1.54, 1.807) is 0 Å². The summed E-state index contributed by atoms with van der Waals surface area (Å²) in [6.07, 6.45) is 13.6. The van der Waals surface area contributed by atoms with Gasteiger partial charge in [-0.05, 0) is 43.7 Å². The summed E-state index contributed by atoms with van der Waals surface area (Å²) in [4.78, 5) is 12.9. The second-order valence-electron chi connectivity index (χ2n) is 7.52. The molecule has 134 valence electrons. The summed E-state index contributed by atoms with van der Waals surface area (Å²) < 4.78 is 0. The van der Waals surface area contributed by atoms with Crippen LogP contribution in [0.15, 0.2) is 30.3 Å². The highest BCUT2D eigenvalue weighted by atomic mass is 16.1. The fourth-order valence-electron chi connectivity index (χ4n) is 4.29. The van der Waals surface area contributed by atoms with Gasteiger partial charge in [-0.2, -0.15) is 0 Å². The molecule has 0 radical (unpaired) electrons. The van der Waals surface area contributed by atoms with Crippen LogP contribution in [-0.2, 0) is 0 Å². The van der Waals surface area contributed by atoms with Gasteiger partial charge < -0.3 is 5.32 Å². The maximum atomic E-state index is 12.9. The molecule has 1 fully saturated rings. The van der Waals surface area contributed by atoms with Crippen molar-refractivity contribution in [1.29, 1.82) is 0 Å². The van der Waals surface area contributed by atoms with E-state index in [-0.39, 0.29) is 11.4 Å². The predicted molar refractivity (Wildman–Crippen MR) is 102 cm³/mol. The second kappa shape index (κ2) is 9.86. The third kappa shape index (κ3) is 5.09. The van der Waals surface area contributed by atoms with Crippen LogP contribution in [0.3, 0.4) is 0 Å². The minimum absolute atomic E-state index is 0.000630. The lowest BCUT2D eigenvalue weighted by Gasteiger charge is -2.44. The van der Waals surface area contributed by atoms with Crippen LogP contribution in [-0.4, -0.2) is 11.4 Å². The number of unbranched alkanes of at least 4 members (excludes halogenated alkanes) is 2. The van der Waals surface area contributed by atoms with Gasteiger partial charge in [-0.3, -0.25) is 4.79 Å². The van der Waals surface area contributed by atoms with Crippen LogP contribution in [0.1, 0.15) is 94.8 Å². The highest BCUT2D eigenvalue weighted by molar-refractivity contribution is 5.94. The number of rotatable bonds is 9. The van der Waals surface area contributed by atoms with Crippen LogP contribution in [0.4, 0.5) is 0 Å². The lowest BCUT2D eigenvalue weighted by molar-refractivity contribution is 0.0765. The number of hydrogen-bond donors (Lipinski definition) is 1. The Morgan fingerprint density at radius 1 is 1.00 bits per heavy atom. The normalized spacial score (nSPS) is 16.1. The molecule has 0 atom stereocenters. The number of amides is 1. The van der Waals surface area contributed by atoms with E-state index in [1.807, 2.05) is 30.3 Å². The molecule has 0 aliphatic heterocycles. The molecule has 1 aromatic rings. The first-order valence-electron chi connectivity index (χ1n) is 10.1. The van der Waals surface area contributed by atoms with E-state index in [9.17, 15) is 4.79 Å². The van der Waals surface area contributed by atoms with Crippen molar-refractivity contribution in [2.24, 2.45) is 5.92 Å². The Balaban J connectivity index is 2.22. The van der Waals surface area contributed by atoms with Crippen LogP contribution in [0, 0.1) is 5.92 Å². The first kappa shape index (κ1) is 19.0. The van der Waals surface area contributed by atoms with Crippen LogP contribution >= 0.6 is 0 Å². The van der Waals surface area contributed by atoms with Gasteiger partial charge in [-0.25, -0.2) is 0 Å². The third-order valence-corrected chi connectivity index (χ3v) is 5.74. The Kier molecular flexibility index (Phi) is 7.81. The van der Waals surface area contributed by atoms with E-state index in [0.717, 1.165) is 18.4 Å². The van der Waals surface area contributed by atoms with Crippen molar-refractivity contribution >= 4 is 5.91 Å². The van der Waals surface area contributed by atoms with Gasteiger partial charge in [0.15, 0.2) is 0 Å². The topological polar surface area (TPSA) is 29.1 Å². The Morgan fingerprint density at radius 2 is 1.58 bits per heavy atom. The summed E-state index contributed by atoms with van der Waals surface area (Å²) in [7, 11) is 0. The summed E-state index contributed by atoms with van der Waals surface area (Å²) >= 11 is 0. The fourth-order valence-corrected chi connectivity index (χ4v) is 4.29. The molecule has 2 rings (SSSR count). The largest absolute Gasteiger partial charge is 0.346 e. The van der Waals surface area contributed by atoms with Crippen molar-refractivity contribution in [3.05, 3.63) is 35.9 Å². The first-order valence-corrected chi connectivity index (χ1v) is 10.1. The Morgan fingerprint density at radius 3 is 2.12 bits per heavy atom. The zero-order chi connectivity index (χ0) is 17.3. The minimum atomic E-state index is -0.000630. The molecule has 0 unspecified atom stereocenters. The molecule has 0 saturated heterocycles. The number of benzene rings is 1. The number of hydrogen-bond acceptors (Lipinski definition) is 1. The molecule has 1 aliphatic carbocycles. The molecule has 1 N–H and O–H groups in total. The first-order chi connectivity index (χ1) is 11.7. The standard InChI is InChI=1S/C22H35NO/c1-3-5-17-22(18-6-4-2,20-15-11-8-12-16-20)23-21(24)19-13-9-7-10-14-19/h7,9-10,13-14,20H,3-6,8,11-12,15-18H2,1-2H3,(H,23,24). The van der Waals surface area contributed by atoms with Crippen molar-refractivity contribution in [2.45, 2.75) is 90.0 Å². The summed E-state index contributed by atoms with van der Waals surface area (Å²) in [5.74, 6) is 0.769. The van der Waals surface area contributed by atoms with E-state index in [0.29, 0.717) is 5.92 Å². The molecule has 2 heteroatoms. The summed E-state index contributed by atoms with van der Waals surface area (Å²) in [5.41, 5.74) is 0.796. The summed E-state index contributed by atoms with van der Waals surface area (Å²) in [6.45, 7) is 4.51. The minimum Gasteiger partial charge on any atom is -0.346 e. The summed E-state index contributed by atoms with van der Waals surface area (Å²) in [5, 5.41) is 3.55. The van der Waals surface area contributed by atoms with Gasteiger partial charge in [-0.15, -0.1) is 0 Å². The molecule has 0 bridgehead atoms. The van der Waals surface area contributed by atoms with E-state index >= 15 is 0 Å². The zero-order valence-corrected chi connectivity index (χ0v) is 15.7. The molecule has 1 saturated carbocycles. The molecular formula is C22H35NO. The van der Waals surface area contributed by atoms with Gasteiger partial charge >= 0.3 is 0 Å². The van der Waals surface area contributed by atoms with Gasteiger partial charge in [0.25, 0.3) is 5.91 Å². The van der Waals surface area contributed by atoms with Gasteiger partial charge in [0.2, 0.25) is 0 Å². The van der Waals surface area contributed by atoms with Gasteiger partial charge in [0.1, 0.15) is 0 Å². The Bertz CT molecular complexity index is 468. The predicted octanol–water partition coefficient (Wildman–Crippen LogP) is 6.12. The van der Waals surface area contributed by atoms with E-state index in [1.165, 1.54) is 57.8 Å². The quantitative estimate of drug-likeness (QED) is 0.581. The third-order valence-electron chi connectivity index (χ3n) is 5.74. The van der Waals surface area contributed by atoms with E-state index in [2.05, 4.69) is 19.2 Å². The molecule has 2 nitrogen and oxygen atoms in total. The highest BCUT2D eigenvalue weighted by Crippen LogP contribution is 2.39. The highest BCUT2D eigenvalue weighted by Gasteiger charge is 2.39. The van der Waals surface area contributed by atoms with Crippen molar-refractivity contribution in [1.82, 2.24) is 5.32 Å². The van der Waals surface area contributed by atoms with Crippen molar-refractivity contribution in [3.63, 3.8) is 0 Å². The van der Waals surface area contributed by atoms with Crippen LogP contribution < -0.4 is 5.32 Å². The van der Waals surface area contributed by atoms with Crippen LogP contribution in [0.25, 0.3) is 0 Å². The molecule has 0 aromatic heterocycles. The molecule has 0 spiro atoms. The Labute approximate surface area is 148 Å². The monoisotopic (exact) mass is 329 g/mol. The number of nitrogens with one attached hydrogen (secondary N) is 1. The summed E-state index contributed by atoms with van der Waals surface area (Å²) in [6, 6.07) is 9.74. The van der Waals surface area contributed by atoms with E-state index in [4.69, 9.17) is 0 Å². The molecule has 0 heterocycles.